The lowest BCUT2D eigenvalue weighted by Gasteiger charge is -2.37. The fourth-order valence-corrected chi connectivity index (χ4v) is 5.01. The van der Waals surface area contributed by atoms with Gasteiger partial charge in [0.1, 0.15) is 18.0 Å². The number of carbonyl (C=O) groups is 3. The summed E-state index contributed by atoms with van der Waals surface area (Å²) in [5.41, 5.74) is 1.83. The molecule has 8 nitrogen and oxygen atoms in total. The van der Waals surface area contributed by atoms with Gasteiger partial charge in [-0.25, -0.2) is 4.98 Å². The van der Waals surface area contributed by atoms with Gasteiger partial charge in [0, 0.05) is 50.1 Å². The van der Waals surface area contributed by atoms with Gasteiger partial charge in [-0.3, -0.25) is 14.4 Å². The number of nitrogens with one attached hydrogen (secondary N) is 1. The van der Waals surface area contributed by atoms with Crippen LogP contribution in [-0.2, 0) is 25.5 Å². The molecule has 0 spiro atoms. The highest BCUT2D eigenvalue weighted by atomic mass is 16.6. The Bertz CT molecular complexity index is 902. The number of esters is 1. The molecule has 1 aromatic heterocycles. The van der Waals surface area contributed by atoms with E-state index in [4.69, 9.17) is 9.72 Å². The summed E-state index contributed by atoms with van der Waals surface area (Å²) in [5.74, 6) is 0.600. The summed E-state index contributed by atoms with van der Waals surface area (Å²) >= 11 is 0. The number of fused-ring (bicyclic) bond motifs is 1. The van der Waals surface area contributed by atoms with Crippen LogP contribution in [0.25, 0.3) is 0 Å². The van der Waals surface area contributed by atoms with E-state index in [9.17, 15) is 14.4 Å². The number of hydrogen-bond donors (Lipinski definition) is 1. The zero-order valence-corrected chi connectivity index (χ0v) is 20.1. The molecule has 0 bridgehead atoms. The van der Waals surface area contributed by atoms with Gasteiger partial charge < -0.3 is 19.9 Å². The highest BCUT2D eigenvalue weighted by Gasteiger charge is 2.35. The van der Waals surface area contributed by atoms with Crippen molar-refractivity contribution in [2.45, 2.75) is 70.8 Å². The van der Waals surface area contributed by atoms with Crippen molar-refractivity contribution in [3.63, 3.8) is 0 Å². The van der Waals surface area contributed by atoms with Crippen LogP contribution in [0.5, 0.6) is 0 Å². The van der Waals surface area contributed by atoms with Gasteiger partial charge in [-0.2, -0.15) is 0 Å². The van der Waals surface area contributed by atoms with Crippen LogP contribution in [-0.4, -0.2) is 70.9 Å². The molecule has 0 radical (unpaired) electrons. The Morgan fingerprint density at radius 1 is 1.15 bits per heavy atom. The van der Waals surface area contributed by atoms with E-state index in [0.717, 1.165) is 43.7 Å². The fraction of sp³-hybridized carbons (Fsp3) is 0.680. The molecule has 1 unspecified atom stereocenters. The van der Waals surface area contributed by atoms with Crippen molar-refractivity contribution in [2.24, 2.45) is 5.92 Å². The van der Waals surface area contributed by atoms with E-state index in [0.29, 0.717) is 32.0 Å². The molecule has 1 aromatic rings. The minimum atomic E-state index is -0.578. The Labute approximate surface area is 196 Å². The Morgan fingerprint density at radius 3 is 2.61 bits per heavy atom. The Kier molecular flexibility index (Phi) is 6.91. The molecule has 4 heterocycles. The second-order valence-corrected chi connectivity index (χ2v) is 10.5. The van der Waals surface area contributed by atoms with Crippen molar-refractivity contribution in [1.82, 2.24) is 14.8 Å². The van der Waals surface area contributed by atoms with Crippen molar-refractivity contribution < 1.29 is 19.1 Å². The lowest BCUT2D eigenvalue weighted by Crippen LogP contribution is -2.48. The first-order valence-corrected chi connectivity index (χ1v) is 12.2. The predicted molar refractivity (Wildman–Crippen MR) is 125 cm³/mol. The van der Waals surface area contributed by atoms with E-state index < -0.39 is 11.6 Å². The first-order valence-electron chi connectivity index (χ1n) is 12.2. The molecular formula is C25H36N4O4. The maximum atomic E-state index is 13.1. The zero-order valence-electron chi connectivity index (χ0n) is 20.1. The average molecular weight is 457 g/mol. The zero-order chi connectivity index (χ0) is 23.6. The van der Waals surface area contributed by atoms with Gasteiger partial charge in [-0.15, -0.1) is 0 Å². The van der Waals surface area contributed by atoms with Crippen molar-refractivity contribution in [1.29, 1.82) is 0 Å². The van der Waals surface area contributed by atoms with E-state index in [1.54, 1.807) is 20.8 Å². The lowest BCUT2D eigenvalue weighted by atomic mass is 9.89. The number of aromatic nitrogens is 1. The van der Waals surface area contributed by atoms with Crippen LogP contribution in [0.1, 0.15) is 70.1 Å². The summed E-state index contributed by atoms with van der Waals surface area (Å²) in [5, 5.41) is 3.40. The molecule has 3 aliphatic heterocycles. The molecule has 33 heavy (non-hydrogen) atoms. The Morgan fingerprint density at radius 2 is 1.91 bits per heavy atom. The maximum absolute atomic E-state index is 13.1. The number of rotatable bonds is 4. The number of carbonyl (C=O) groups excluding carboxylic acids is 3. The highest BCUT2D eigenvalue weighted by Crippen LogP contribution is 2.31. The normalized spacial score (nSPS) is 21.9. The SMILES string of the molecule is CC(C)(C)OC(=O)CN1CCC(C(=O)N2CCC(c3ccc4c(n3)NCCC4)CC2)CC1=O. The molecule has 0 aliphatic carbocycles. The fourth-order valence-electron chi connectivity index (χ4n) is 5.01. The van der Waals surface area contributed by atoms with E-state index in [1.165, 1.54) is 10.5 Å². The van der Waals surface area contributed by atoms with Crippen LogP contribution < -0.4 is 5.32 Å². The third-order valence-electron chi connectivity index (χ3n) is 6.75. The number of pyridine rings is 1. The number of piperidine rings is 2. The molecule has 8 heteroatoms. The first-order chi connectivity index (χ1) is 15.7. The van der Waals surface area contributed by atoms with Gasteiger partial charge >= 0.3 is 5.97 Å². The summed E-state index contributed by atoms with van der Waals surface area (Å²) in [6, 6.07) is 4.34. The molecule has 2 amide bonds. The summed E-state index contributed by atoms with van der Waals surface area (Å²) in [6.45, 7) is 8.15. The second-order valence-electron chi connectivity index (χ2n) is 10.5. The Balaban J connectivity index is 1.26. The lowest BCUT2D eigenvalue weighted by molar-refractivity contribution is -0.160. The molecule has 2 fully saturated rings. The molecule has 0 saturated carbocycles. The largest absolute Gasteiger partial charge is 0.459 e. The number of aryl methyl sites for hydroxylation is 1. The average Bonchev–Trinajstić information content (AvgIpc) is 2.78. The number of nitrogens with zero attached hydrogens (tertiary/aromatic N) is 3. The highest BCUT2D eigenvalue weighted by molar-refractivity contribution is 5.89. The molecule has 2 saturated heterocycles. The van der Waals surface area contributed by atoms with Gasteiger partial charge in [0.15, 0.2) is 0 Å². The predicted octanol–water partition coefficient (Wildman–Crippen LogP) is 2.73. The summed E-state index contributed by atoms with van der Waals surface area (Å²) in [6.07, 6.45) is 4.77. The molecule has 0 aromatic carbocycles. The van der Waals surface area contributed by atoms with E-state index >= 15 is 0 Å². The molecule has 180 valence electrons. The van der Waals surface area contributed by atoms with Crippen LogP contribution in [0.2, 0.25) is 0 Å². The van der Waals surface area contributed by atoms with Crippen LogP contribution in [0, 0.1) is 5.92 Å². The summed E-state index contributed by atoms with van der Waals surface area (Å²) < 4.78 is 5.32. The monoisotopic (exact) mass is 456 g/mol. The van der Waals surface area contributed by atoms with Crippen LogP contribution in [0.3, 0.4) is 0 Å². The van der Waals surface area contributed by atoms with Gasteiger partial charge in [0.2, 0.25) is 11.8 Å². The summed E-state index contributed by atoms with van der Waals surface area (Å²) in [4.78, 5) is 46.0. The van der Waals surface area contributed by atoms with E-state index in [-0.39, 0.29) is 30.7 Å². The third-order valence-corrected chi connectivity index (χ3v) is 6.75. The number of likely N-dealkylation sites (tertiary alicyclic amines) is 2. The number of ether oxygens (including phenoxy) is 1. The standard InChI is InChI=1S/C25H36N4O4/c1-25(2,3)33-22(31)16-29-14-10-19(15-21(29)30)24(32)28-12-8-17(9-13-28)20-7-6-18-5-4-11-26-23(18)27-20/h6-7,17,19H,4-5,8-16H2,1-3H3,(H,26,27). The topological polar surface area (TPSA) is 91.8 Å². The van der Waals surface area contributed by atoms with Crippen LogP contribution >= 0.6 is 0 Å². The number of anilines is 1. The van der Waals surface area contributed by atoms with E-state index in [2.05, 4.69) is 17.4 Å². The first kappa shape index (κ1) is 23.5. The smallest absolute Gasteiger partial charge is 0.326 e. The van der Waals surface area contributed by atoms with Gasteiger partial charge in [0.25, 0.3) is 0 Å². The molecule has 1 atom stereocenters. The quantitative estimate of drug-likeness (QED) is 0.701. The van der Waals surface area contributed by atoms with Gasteiger partial charge in [0.05, 0.1) is 0 Å². The summed E-state index contributed by atoms with van der Waals surface area (Å²) in [7, 11) is 0. The van der Waals surface area contributed by atoms with Gasteiger partial charge in [-0.1, -0.05) is 6.07 Å². The van der Waals surface area contributed by atoms with Gasteiger partial charge in [-0.05, 0) is 64.5 Å². The third kappa shape index (κ3) is 5.84. The second kappa shape index (κ2) is 9.69. The van der Waals surface area contributed by atoms with Crippen molar-refractivity contribution >= 4 is 23.6 Å². The number of hydrogen-bond acceptors (Lipinski definition) is 6. The minimum absolute atomic E-state index is 0.0506. The van der Waals surface area contributed by atoms with Crippen molar-refractivity contribution in [3.05, 3.63) is 23.4 Å². The molecule has 1 N–H and O–H groups in total. The van der Waals surface area contributed by atoms with Crippen molar-refractivity contribution in [2.75, 3.05) is 38.0 Å². The number of amides is 2. The van der Waals surface area contributed by atoms with Crippen molar-refractivity contribution in [3.8, 4) is 0 Å². The Hall–Kier alpha value is -2.64. The van der Waals surface area contributed by atoms with Crippen LogP contribution in [0.15, 0.2) is 12.1 Å². The van der Waals surface area contributed by atoms with Crippen LogP contribution in [0.4, 0.5) is 5.82 Å². The molecular weight excluding hydrogens is 420 g/mol. The molecule has 4 rings (SSSR count). The van der Waals surface area contributed by atoms with E-state index in [1.807, 2.05) is 4.90 Å². The maximum Gasteiger partial charge on any atom is 0.326 e. The molecule has 3 aliphatic rings. The minimum Gasteiger partial charge on any atom is -0.459 e.